The molecule has 152 valence electrons. The zero-order valence-corrected chi connectivity index (χ0v) is 18.0. The van der Waals surface area contributed by atoms with Crippen molar-refractivity contribution in [2.75, 3.05) is 7.11 Å². The van der Waals surface area contributed by atoms with Gasteiger partial charge in [0.1, 0.15) is 11.5 Å². The Labute approximate surface area is 182 Å². The van der Waals surface area contributed by atoms with Gasteiger partial charge in [-0.05, 0) is 55.0 Å². The van der Waals surface area contributed by atoms with Gasteiger partial charge in [0.05, 0.1) is 18.9 Å². The van der Waals surface area contributed by atoms with Gasteiger partial charge in [-0.1, -0.05) is 40.2 Å². The van der Waals surface area contributed by atoms with Gasteiger partial charge in [0.25, 0.3) is 5.91 Å². The van der Waals surface area contributed by atoms with Crippen LogP contribution in [0.2, 0.25) is 0 Å². The van der Waals surface area contributed by atoms with Gasteiger partial charge < -0.3 is 9.47 Å². The molecule has 0 aromatic heterocycles. The Morgan fingerprint density at radius 3 is 2.60 bits per heavy atom. The van der Waals surface area contributed by atoms with Crippen LogP contribution in [0.5, 0.6) is 11.5 Å². The van der Waals surface area contributed by atoms with Crippen LogP contribution >= 0.6 is 15.9 Å². The molecule has 0 fully saturated rings. The summed E-state index contributed by atoms with van der Waals surface area (Å²) in [5.41, 5.74) is 4.69. The summed E-state index contributed by atoms with van der Waals surface area (Å²) in [5.74, 6) is 0.0407. The van der Waals surface area contributed by atoms with Crippen LogP contribution in [0.1, 0.15) is 31.8 Å². The van der Waals surface area contributed by atoms with Gasteiger partial charge in [0.2, 0.25) is 0 Å². The second-order valence-electron chi connectivity index (χ2n) is 6.32. The fraction of sp³-hybridized carbons (Fsp3) is 0.0870. The zero-order chi connectivity index (χ0) is 21.5. The third kappa shape index (κ3) is 5.33. The van der Waals surface area contributed by atoms with Crippen LogP contribution in [0.3, 0.4) is 0 Å². The van der Waals surface area contributed by atoms with E-state index in [9.17, 15) is 9.59 Å². The number of ether oxygens (including phenoxy) is 2. The van der Waals surface area contributed by atoms with E-state index >= 15 is 0 Å². The highest BCUT2D eigenvalue weighted by atomic mass is 79.9. The second kappa shape index (κ2) is 9.84. The number of esters is 1. The molecular weight excluding hydrogens is 448 g/mol. The first-order valence-corrected chi connectivity index (χ1v) is 9.82. The van der Waals surface area contributed by atoms with Crippen LogP contribution in [0, 0.1) is 6.92 Å². The highest BCUT2D eigenvalue weighted by Crippen LogP contribution is 2.23. The molecule has 0 bridgehead atoms. The molecule has 30 heavy (non-hydrogen) atoms. The average molecular weight is 467 g/mol. The summed E-state index contributed by atoms with van der Waals surface area (Å²) in [7, 11) is 1.53. The maximum atomic E-state index is 12.5. The maximum Gasteiger partial charge on any atom is 0.343 e. The van der Waals surface area contributed by atoms with E-state index in [1.807, 2.05) is 19.1 Å². The molecule has 0 spiro atoms. The minimum atomic E-state index is -0.467. The summed E-state index contributed by atoms with van der Waals surface area (Å²) in [6.45, 7) is 1.84. The number of halogens is 1. The molecule has 0 unspecified atom stereocenters. The lowest BCUT2D eigenvalue weighted by atomic mass is 10.1. The van der Waals surface area contributed by atoms with E-state index in [4.69, 9.17) is 9.47 Å². The van der Waals surface area contributed by atoms with Crippen molar-refractivity contribution in [1.29, 1.82) is 0 Å². The molecule has 0 atom stereocenters. The summed E-state index contributed by atoms with van der Waals surface area (Å²) >= 11 is 3.39. The molecule has 3 rings (SSSR count). The first-order valence-electron chi connectivity index (χ1n) is 9.03. The number of rotatable bonds is 6. The van der Waals surface area contributed by atoms with Crippen LogP contribution in [0.15, 0.2) is 76.3 Å². The van der Waals surface area contributed by atoms with E-state index in [1.54, 1.807) is 54.6 Å². The number of carbonyl (C=O) groups is 2. The van der Waals surface area contributed by atoms with Crippen molar-refractivity contribution in [3.63, 3.8) is 0 Å². The SMILES string of the molecule is COc1cccc(C(=O)NN=Cc2cc(Br)ccc2OC(=O)c2ccccc2C)c1. The molecule has 0 saturated carbocycles. The van der Waals surface area contributed by atoms with Crippen molar-refractivity contribution in [2.24, 2.45) is 5.10 Å². The topological polar surface area (TPSA) is 77.0 Å². The molecule has 0 radical (unpaired) electrons. The predicted octanol–water partition coefficient (Wildman–Crippen LogP) is 4.75. The van der Waals surface area contributed by atoms with Gasteiger partial charge in [-0.15, -0.1) is 0 Å². The quantitative estimate of drug-likeness (QED) is 0.246. The van der Waals surface area contributed by atoms with Crippen molar-refractivity contribution in [1.82, 2.24) is 5.43 Å². The number of hydrazone groups is 1. The Morgan fingerprint density at radius 1 is 1.03 bits per heavy atom. The van der Waals surface area contributed by atoms with Crippen LogP contribution in [-0.2, 0) is 0 Å². The number of aryl methyl sites for hydroxylation is 1. The van der Waals surface area contributed by atoms with Gasteiger partial charge in [-0.3, -0.25) is 4.79 Å². The summed E-state index contributed by atoms with van der Waals surface area (Å²) in [4.78, 5) is 24.8. The predicted molar refractivity (Wildman–Crippen MR) is 118 cm³/mol. The first-order chi connectivity index (χ1) is 14.5. The Morgan fingerprint density at radius 2 is 1.83 bits per heavy atom. The van der Waals surface area contributed by atoms with E-state index in [0.29, 0.717) is 28.2 Å². The lowest BCUT2D eigenvalue weighted by Gasteiger charge is -2.09. The van der Waals surface area contributed by atoms with Crippen LogP contribution < -0.4 is 14.9 Å². The van der Waals surface area contributed by atoms with Crippen LogP contribution in [0.25, 0.3) is 0 Å². The summed E-state index contributed by atoms with van der Waals surface area (Å²) in [6.07, 6.45) is 1.42. The fourth-order valence-electron chi connectivity index (χ4n) is 2.66. The van der Waals surface area contributed by atoms with E-state index in [2.05, 4.69) is 26.5 Å². The molecule has 7 heteroatoms. The molecule has 1 amide bonds. The molecule has 0 aliphatic rings. The van der Waals surface area contributed by atoms with Gasteiger partial charge in [-0.25, -0.2) is 10.2 Å². The number of hydrogen-bond donors (Lipinski definition) is 1. The second-order valence-corrected chi connectivity index (χ2v) is 7.23. The highest BCUT2D eigenvalue weighted by Gasteiger charge is 2.13. The number of amides is 1. The molecule has 3 aromatic carbocycles. The third-order valence-electron chi connectivity index (χ3n) is 4.24. The van der Waals surface area contributed by atoms with Crippen molar-refractivity contribution in [3.05, 3.63) is 93.5 Å². The van der Waals surface area contributed by atoms with E-state index < -0.39 is 11.9 Å². The first kappa shape index (κ1) is 21.3. The van der Waals surface area contributed by atoms with Crippen LogP contribution in [0.4, 0.5) is 0 Å². The molecular formula is C23H19BrN2O4. The molecule has 0 aliphatic heterocycles. The van der Waals surface area contributed by atoms with E-state index in [1.165, 1.54) is 13.3 Å². The average Bonchev–Trinajstić information content (AvgIpc) is 2.75. The van der Waals surface area contributed by atoms with E-state index in [-0.39, 0.29) is 0 Å². The Hall–Kier alpha value is -3.45. The lowest BCUT2D eigenvalue weighted by molar-refractivity contribution is 0.0733. The van der Waals surface area contributed by atoms with Crippen molar-refractivity contribution >= 4 is 34.0 Å². The summed E-state index contributed by atoms with van der Waals surface area (Å²) in [6, 6.07) is 19.1. The van der Waals surface area contributed by atoms with Crippen molar-refractivity contribution in [3.8, 4) is 11.5 Å². The molecule has 1 N–H and O–H groups in total. The number of benzene rings is 3. The molecule has 6 nitrogen and oxygen atoms in total. The Bertz CT molecular complexity index is 1110. The zero-order valence-electron chi connectivity index (χ0n) is 16.4. The van der Waals surface area contributed by atoms with Gasteiger partial charge in [-0.2, -0.15) is 5.10 Å². The van der Waals surface area contributed by atoms with Crippen molar-refractivity contribution in [2.45, 2.75) is 6.92 Å². The summed E-state index contributed by atoms with van der Waals surface area (Å²) < 4.78 is 11.5. The third-order valence-corrected chi connectivity index (χ3v) is 4.73. The minimum Gasteiger partial charge on any atom is -0.497 e. The number of nitrogens with zero attached hydrogens (tertiary/aromatic N) is 1. The highest BCUT2D eigenvalue weighted by molar-refractivity contribution is 9.10. The van der Waals surface area contributed by atoms with Crippen molar-refractivity contribution < 1.29 is 19.1 Å². The number of hydrogen-bond acceptors (Lipinski definition) is 5. The fourth-order valence-corrected chi connectivity index (χ4v) is 3.04. The largest absolute Gasteiger partial charge is 0.497 e. The van der Waals surface area contributed by atoms with Gasteiger partial charge >= 0.3 is 5.97 Å². The van der Waals surface area contributed by atoms with E-state index in [0.717, 1.165) is 10.0 Å². The smallest absolute Gasteiger partial charge is 0.343 e. The number of nitrogens with one attached hydrogen (secondary N) is 1. The standard InChI is InChI=1S/C23H19BrN2O4/c1-15-6-3-4-9-20(15)23(28)30-21-11-10-18(24)12-17(21)14-25-26-22(27)16-7-5-8-19(13-16)29-2/h3-14H,1-2H3,(H,26,27). The Balaban J connectivity index is 1.75. The Kier molecular flexibility index (Phi) is 6.98. The number of methoxy groups -OCH3 is 1. The molecule has 0 heterocycles. The number of carbonyl (C=O) groups excluding carboxylic acids is 2. The monoisotopic (exact) mass is 466 g/mol. The summed E-state index contributed by atoms with van der Waals surface area (Å²) in [5, 5.41) is 4.00. The van der Waals surface area contributed by atoms with Gasteiger partial charge in [0, 0.05) is 15.6 Å². The lowest BCUT2D eigenvalue weighted by Crippen LogP contribution is -2.17. The normalized spacial score (nSPS) is 10.6. The molecule has 3 aromatic rings. The molecule has 0 saturated heterocycles. The minimum absolute atomic E-state index is 0.325. The molecule has 0 aliphatic carbocycles. The maximum absolute atomic E-state index is 12.5. The van der Waals surface area contributed by atoms with Gasteiger partial charge in [0.15, 0.2) is 0 Å². The van der Waals surface area contributed by atoms with Crippen LogP contribution in [-0.4, -0.2) is 25.2 Å².